The fourth-order valence-corrected chi connectivity index (χ4v) is 4.55. The van der Waals surface area contributed by atoms with E-state index in [1.807, 2.05) is 10.8 Å². The van der Waals surface area contributed by atoms with E-state index in [0.717, 1.165) is 0 Å². The van der Waals surface area contributed by atoms with Crippen LogP contribution in [0.5, 0.6) is 17.2 Å². The number of aromatic nitrogens is 2. The van der Waals surface area contributed by atoms with Crippen LogP contribution >= 0.6 is 0 Å². The zero-order valence-electron chi connectivity index (χ0n) is 20.2. The smallest absolute Gasteiger partial charge is 0.295 e. The van der Waals surface area contributed by atoms with Crippen molar-refractivity contribution >= 4 is 17.4 Å². The molecule has 0 bridgehead atoms. The number of aliphatic hydroxyl groups is 1. The summed E-state index contributed by atoms with van der Waals surface area (Å²) in [7, 11) is 0. The highest BCUT2D eigenvalue weighted by molar-refractivity contribution is 6.46. The normalized spacial score (nSPS) is 18.2. The van der Waals surface area contributed by atoms with Crippen LogP contribution in [-0.4, -0.2) is 57.6 Å². The molecule has 2 aliphatic heterocycles. The Hall–Kier alpha value is -4.53. The zero-order chi connectivity index (χ0) is 25.8. The summed E-state index contributed by atoms with van der Waals surface area (Å²) in [5, 5.41) is 11.3. The van der Waals surface area contributed by atoms with Gasteiger partial charge in [-0.25, -0.2) is 4.98 Å². The van der Waals surface area contributed by atoms with Crippen LogP contribution in [0.1, 0.15) is 23.6 Å². The number of ether oxygens (including phenoxy) is 3. The largest absolute Gasteiger partial charge is 0.507 e. The number of nitrogens with zero attached hydrogens (tertiary/aromatic N) is 3. The highest BCUT2D eigenvalue weighted by Crippen LogP contribution is 2.41. The second-order valence-corrected chi connectivity index (χ2v) is 8.67. The number of hydrogen-bond acceptors (Lipinski definition) is 7. The highest BCUT2D eigenvalue weighted by atomic mass is 16.6. The van der Waals surface area contributed by atoms with Crippen molar-refractivity contribution < 1.29 is 28.9 Å². The summed E-state index contributed by atoms with van der Waals surface area (Å²) in [6.07, 6.45) is 7.49. The van der Waals surface area contributed by atoms with E-state index in [4.69, 9.17) is 14.2 Å². The first kappa shape index (κ1) is 24.2. The van der Waals surface area contributed by atoms with Crippen LogP contribution in [0, 0.1) is 0 Å². The van der Waals surface area contributed by atoms with Crippen LogP contribution in [0.25, 0.3) is 5.76 Å². The minimum absolute atomic E-state index is 0.0315. The topological polar surface area (TPSA) is 103 Å². The van der Waals surface area contributed by atoms with Crippen molar-refractivity contribution in [3.8, 4) is 17.2 Å². The van der Waals surface area contributed by atoms with Gasteiger partial charge in [-0.05, 0) is 42.3 Å². The molecule has 2 aliphatic rings. The average molecular weight is 502 g/mol. The molecule has 3 heterocycles. The minimum atomic E-state index is -0.760. The van der Waals surface area contributed by atoms with Crippen molar-refractivity contribution in [3.05, 3.63) is 90.5 Å². The van der Waals surface area contributed by atoms with Crippen LogP contribution in [0.3, 0.4) is 0 Å². The lowest BCUT2D eigenvalue weighted by Crippen LogP contribution is -2.31. The SMILES string of the molecule is C=CCOc1ccc([C@H]2/C(=C(\O)c3ccc4c(c3)OCCO4)C(=O)C(=O)N2CCCn2ccnc2)cc1. The quantitative estimate of drug-likeness (QED) is 0.206. The first-order valence-corrected chi connectivity index (χ1v) is 12.0. The maximum atomic E-state index is 13.3. The van der Waals surface area contributed by atoms with Gasteiger partial charge in [0.2, 0.25) is 0 Å². The molecule has 2 aromatic carbocycles. The van der Waals surface area contributed by atoms with Crippen molar-refractivity contribution in [1.82, 2.24) is 14.5 Å². The van der Waals surface area contributed by atoms with Crippen molar-refractivity contribution in [3.63, 3.8) is 0 Å². The van der Waals surface area contributed by atoms with Gasteiger partial charge < -0.3 is 28.8 Å². The fourth-order valence-electron chi connectivity index (χ4n) is 4.55. The van der Waals surface area contributed by atoms with Crippen molar-refractivity contribution in [2.45, 2.75) is 19.0 Å². The molecule has 1 amide bonds. The van der Waals surface area contributed by atoms with E-state index in [-0.39, 0.29) is 11.3 Å². The Morgan fingerprint density at radius 3 is 2.62 bits per heavy atom. The molecule has 1 atom stereocenters. The standard InChI is InChI=1S/C28H27N3O6/c1-2-14-35-21-7-4-19(5-8-21)25-24(26(32)20-6-9-22-23(17-20)37-16-15-36-22)27(33)28(34)31(25)12-3-11-30-13-10-29-18-30/h2,4-10,13,17-18,25,32H,1,3,11-12,14-16H2/b26-24+/t25-/m0/s1. The number of hydrogen-bond donors (Lipinski definition) is 1. The summed E-state index contributed by atoms with van der Waals surface area (Å²) in [5.41, 5.74) is 1.09. The van der Waals surface area contributed by atoms with E-state index >= 15 is 0 Å². The van der Waals surface area contributed by atoms with Crippen LogP contribution < -0.4 is 14.2 Å². The molecule has 0 aliphatic carbocycles. The van der Waals surface area contributed by atoms with Crippen molar-refractivity contribution in [1.29, 1.82) is 0 Å². The van der Waals surface area contributed by atoms with E-state index in [0.29, 0.717) is 67.7 Å². The lowest BCUT2D eigenvalue weighted by atomic mass is 9.95. The van der Waals surface area contributed by atoms with E-state index in [9.17, 15) is 14.7 Å². The molecule has 190 valence electrons. The van der Waals surface area contributed by atoms with E-state index < -0.39 is 17.7 Å². The number of likely N-dealkylation sites (tertiary alicyclic amines) is 1. The Morgan fingerprint density at radius 2 is 1.89 bits per heavy atom. The number of rotatable bonds is 9. The van der Waals surface area contributed by atoms with Crippen LogP contribution in [0.15, 0.2) is 79.4 Å². The Balaban J connectivity index is 1.51. The maximum absolute atomic E-state index is 13.3. The van der Waals surface area contributed by atoms with E-state index in [1.54, 1.807) is 61.1 Å². The Morgan fingerprint density at radius 1 is 1.11 bits per heavy atom. The predicted molar refractivity (Wildman–Crippen MR) is 135 cm³/mol. The number of Topliss-reactive ketones (excluding diaryl/α,β-unsaturated/α-hetero) is 1. The molecule has 0 radical (unpaired) electrons. The second-order valence-electron chi connectivity index (χ2n) is 8.67. The van der Waals surface area contributed by atoms with Crippen molar-refractivity contribution in [2.75, 3.05) is 26.4 Å². The lowest BCUT2D eigenvalue weighted by molar-refractivity contribution is -0.139. The molecule has 3 aromatic rings. The molecule has 1 saturated heterocycles. The minimum Gasteiger partial charge on any atom is -0.507 e. The van der Waals surface area contributed by atoms with Gasteiger partial charge in [0.05, 0.1) is 17.9 Å². The maximum Gasteiger partial charge on any atom is 0.295 e. The third-order valence-electron chi connectivity index (χ3n) is 6.29. The van der Waals surface area contributed by atoms with Crippen LogP contribution in [0.2, 0.25) is 0 Å². The van der Waals surface area contributed by atoms with Crippen LogP contribution in [-0.2, 0) is 16.1 Å². The van der Waals surface area contributed by atoms with Gasteiger partial charge >= 0.3 is 0 Å². The van der Waals surface area contributed by atoms with Gasteiger partial charge in [-0.1, -0.05) is 24.8 Å². The van der Waals surface area contributed by atoms with Gasteiger partial charge in [0.15, 0.2) is 11.5 Å². The first-order valence-electron chi connectivity index (χ1n) is 12.0. The van der Waals surface area contributed by atoms with Gasteiger partial charge in [-0.3, -0.25) is 9.59 Å². The molecule has 9 nitrogen and oxygen atoms in total. The molecule has 0 spiro atoms. The molecule has 9 heteroatoms. The molecule has 1 N–H and O–H groups in total. The third-order valence-corrected chi connectivity index (χ3v) is 6.29. The molecular weight excluding hydrogens is 474 g/mol. The second kappa shape index (κ2) is 10.6. The summed E-state index contributed by atoms with van der Waals surface area (Å²) in [6, 6.07) is 11.3. The molecule has 0 saturated carbocycles. The highest BCUT2D eigenvalue weighted by Gasteiger charge is 2.45. The molecule has 5 rings (SSSR count). The lowest BCUT2D eigenvalue weighted by Gasteiger charge is -2.26. The van der Waals surface area contributed by atoms with Crippen molar-refractivity contribution in [2.24, 2.45) is 0 Å². The van der Waals surface area contributed by atoms with E-state index in [1.165, 1.54) is 4.90 Å². The molecular formula is C28H27N3O6. The third kappa shape index (κ3) is 4.93. The number of ketones is 1. The van der Waals surface area contributed by atoms with Gasteiger partial charge in [-0.2, -0.15) is 0 Å². The van der Waals surface area contributed by atoms with Gasteiger partial charge in [0.1, 0.15) is 31.3 Å². The Labute approximate surface area is 214 Å². The predicted octanol–water partition coefficient (Wildman–Crippen LogP) is 3.73. The number of benzene rings is 2. The summed E-state index contributed by atoms with van der Waals surface area (Å²) >= 11 is 0. The number of aliphatic hydroxyl groups excluding tert-OH is 1. The molecule has 1 aromatic heterocycles. The summed E-state index contributed by atoms with van der Waals surface area (Å²) < 4.78 is 18.7. The Bertz CT molecular complexity index is 1330. The number of aryl methyl sites for hydroxylation is 1. The number of carbonyl (C=O) groups is 2. The first-order chi connectivity index (χ1) is 18.1. The summed E-state index contributed by atoms with van der Waals surface area (Å²) in [6.45, 7) is 5.79. The molecule has 0 unspecified atom stereocenters. The van der Waals surface area contributed by atoms with Gasteiger partial charge in [0.25, 0.3) is 11.7 Å². The zero-order valence-corrected chi connectivity index (χ0v) is 20.2. The van der Waals surface area contributed by atoms with Gasteiger partial charge in [-0.15, -0.1) is 0 Å². The number of amides is 1. The fraction of sp³-hybridized carbons (Fsp3) is 0.250. The van der Waals surface area contributed by atoms with Crippen LogP contribution in [0.4, 0.5) is 0 Å². The molecule has 1 fully saturated rings. The average Bonchev–Trinajstić information content (AvgIpc) is 3.54. The monoisotopic (exact) mass is 501 g/mol. The number of fused-ring (bicyclic) bond motifs is 1. The summed E-state index contributed by atoms with van der Waals surface area (Å²) in [5.74, 6) is 0.0326. The molecule has 37 heavy (non-hydrogen) atoms. The number of carbonyl (C=O) groups excluding carboxylic acids is 2. The number of imidazole rings is 1. The van der Waals surface area contributed by atoms with E-state index in [2.05, 4.69) is 11.6 Å². The van der Waals surface area contributed by atoms with Gasteiger partial charge in [0, 0.05) is 31.0 Å². The summed E-state index contributed by atoms with van der Waals surface area (Å²) in [4.78, 5) is 32.0. The Kier molecular flexibility index (Phi) is 6.93.